The molecule has 4 nitrogen and oxygen atoms in total. The van der Waals surface area contributed by atoms with Crippen molar-refractivity contribution in [3.8, 4) is 5.75 Å². The number of methoxy groups -OCH3 is 1. The van der Waals surface area contributed by atoms with Crippen molar-refractivity contribution in [1.29, 1.82) is 0 Å². The van der Waals surface area contributed by atoms with Gasteiger partial charge in [0.1, 0.15) is 5.75 Å². The van der Waals surface area contributed by atoms with Crippen LogP contribution in [0.25, 0.3) is 0 Å². The molecule has 0 N–H and O–H groups in total. The highest BCUT2D eigenvalue weighted by Crippen LogP contribution is 2.21. The first-order valence-corrected chi connectivity index (χ1v) is 7.08. The summed E-state index contributed by atoms with van der Waals surface area (Å²) in [5.74, 6) is 0.859. The lowest BCUT2D eigenvalue weighted by Crippen LogP contribution is -2.55. The van der Waals surface area contributed by atoms with Crippen molar-refractivity contribution in [3.05, 3.63) is 23.3 Å². The maximum Gasteiger partial charge on any atom is 0.536 e. The molecule has 0 aliphatic heterocycles. The first-order chi connectivity index (χ1) is 8.06. The molecule has 0 saturated carbocycles. The molecule has 0 aromatic heterocycles. The maximum atomic E-state index is 5.49. The Labute approximate surface area is 104 Å². The maximum absolute atomic E-state index is 5.49. The van der Waals surface area contributed by atoms with Gasteiger partial charge >= 0.3 is 8.80 Å². The zero-order valence-electron chi connectivity index (χ0n) is 11.3. The first-order valence-electron chi connectivity index (χ1n) is 5.36. The molecule has 1 rings (SSSR count). The van der Waals surface area contributed by atoms with Crippen molar-refractivity contribution < 1.29 is 18.0 Å². The summed E-state index contributed by atoms with van der Waals surface area (Å²) in [4.78, 5) is 0. The van der Waals surface area contributed by atoms with E-state index in [-0.39, 0.29) is 0 Å². The molecule has 0 radical (unpaired) electrons. The van der Waals surface area contributed by atoms with Gasteiger partial charge in [-0.15, -0.1) is 0 Å². The number of hydrogen-bond acceptors (Lipinski definition) is 4. The summed E-state index contributed by atoms with van der Waals surface area (Å²) in [7, 11) is 3.73. The summed E-state index contributed by atoms with van der Waals surface area (Å²) in [5.41, 5.74) is 2.16. The lowest BCUT2D eigenvalue weighted by atomic mass is 10.1. The van der Waals surface area contributed by atoms with Crippen LogP contribution in [-0.4, -0.2) is 37.2 Å². The quantitative estimate of drug-likeness (QED) is 0.746. The molecule has 0 spiro atoms. The second-order valence-corrected chi connectivity index (χ2v) is 6.61. The topological polar surface area (TPSA) is 36.9 Å². The summed E-state index contributed by atoms with van der Waals surface area (Å²) >= 11 is 0. The van der Waals surface area contributed by atoms with E-state index < -0.39 is 8.80 Å². The van der Waals surface area contributed by atoms with E-state index in [0.29, 0.717) is 0 Å². The molecule has 1 aromatic rings. The molecule has 0 heterocycles. The van der Waals surface area contributed by atoms with Crippen LogP contribution in [0.15, 0.2) is 12.1 Å². The predicted molar refractivity (Wildman–Crippen MR) is 68.9 cm³/mol. The average Bonchev–Trinajstić information content (AvgIpc) is 2.37. The zero-order chi connectivity index (χ0) is 13.1. The van der Waals surface area contributed by atoms with E-state index in [1.165, 1.54) is 0 Å². The fourth-order valence-corrected chi connectivity index (χ4v) is 4.02. The van der Waals surface area contributed by atoms with E-state index in [2.05, 4.69) is 0 Å². The van der Waals surface area contributed by atoms with E-state index in [0.717, 1.165) is 22.1 Å². The zero-order valence-corrected chi connectivity index (χ0v) is 12.3. The van der Waals surface area contributed by atoms with Gasteiger partial charge in [-0.1, -0.05) is 6.07 Å². The second kappa shape index (κ2) is 5.64. The normalized spacial score (nSPS) is 11.6. The minimum atomic E-state index is -2.76. The summed E-state index contributed by atoms with van der Waals surface area (Å²) in [5, 5.41) is 0.975. The lowest BCUT2D eigenvalue weighted by Gasteiger charge is -2.27. The van der Waals surface area contributed by atoms with E-state index in [4.69, 9.17) is 18.0 Å². The molecule has 0 aliphatic rings. The average molecular weight is 256 g/mol. The summed E-state index contributed by atoms with van der Waals surface area (Å²) in [6, 6.07) is 3.86. The SMILES string of the molecule is COc1ccc([Si](OC)(OC)OC)c(C)c1C. The molecule has 0 atom stereocenters. The van der Waals surface area contributed by atoms with Gasteiger partial charge in [0, 0.05) is 26.5 Å². The molecule has 1 aromatic carbocycles. The van der Waals surface area contributed by atoms with Gasteiger partial charge in [-0.05, 0) is 31.0 Å². The Hall–Kier alpha value is -0.883. The van der Waals surface area contributed by atoms with Crippen LogP contribution in [0.5, 0.6) is 5.75 Å². The highest BCUT2D eigenvalue weighted by molar-refractivity contribution is 6.75. The van der Waals surface area contributed by atoms with Gasteiger partial charge in [-0.25, -0.2) is 0 Å². The van der Waals surface area contributed by atoms with Gasteiger partial charge in [-0.2, -0.15) is 0 Å². The van der Waals surface area contributed by atoms with Gasteiger partial charge in [0.05, 0.1) is 7.11 Å². The van der Waals surface area contributed by atoms with Crippen molar-refractivity contribution in [2.45, 2.75) is 13.8 Å². The first kappa shape index (κ1) is 14.2. The third-order valence-corrected chi connectivity index (χ3v) is 5.91. The molecule has 0 fully saturated rings. The molecule has 96 valence electrons. The van der Waals surface area contributed by atoms with Crippen LogP contribution in [0.3, 0.4) is 0 Å². The van der Waals surface area contributed by atoms with E-state index in [1.807, 2.05) is 26.0 Å². The molecule has 17 heavy (non-hydrogen) atoms. The van der Waals surface area contributed by atoms with Crippen LogP contribution < -0.4 is 9.92 Å². The van der Waals surface area contributed by atoms with Gasteiger partial charge in [0.2, 0.25) is 0 Å². The minimum Gasteiger partial charge on any atom is -0.496 e. The smallest absolute Gasteiger partial charge is 0.496 e. The fourth-order valence-electron chi connectivity index (χ4n) is 1.93. The molecule has 0 aliphatic carbocycles. The van der Waals surface area contributed by atoms with Crippen LogP contribution in [0.1, 0.15) is 11.1 Å². The second-order valence-electron chi connectivity index (χ2n) is 3.73. The Kier molecular flexibility index (Phi) is 4.70. The molecule has 0 bridgehead atoms. The van der Waals surface area contributed by atoms with Crippen molar-refractivity contribution in [2.24, 2.45) is 0 Å². The van der Waals surface area contributed by atoms with Gasteiger partial charge in [-0.3, -0.25) is 0 Å². The van der Waals surface area contributed by atoms with E-state index in [1.54, 1.807) is 28.4 Å². The van der Waals surface area contributed by atoms with Crippen LogP contribution in [0, 0.1) is 13.8 Å². The number of ether oxygens (including phenoxy) is 1. The molecule has 5 heteroatoms. The Morgan fingerprint density at radius 3 is 1.76 bits per heavy atom. The predicted octanol–water partition coefficient (Wildman–Crippen LogP) is 1.40. The van der Waals surface area contributed by atoms with Gasteiger partial charge in [0.25, 0.3) is 0 Å². The standard InChI is InChI=1S/C12H20O4Si/c1-9-10(2)12(8-7-11(9)13-3)17(14-4,15-5)16-6/h7-8H,1-6H3. The Morgan fingerprint density at radius 2 is 1.35 bits per heavy atom. The van der Waals surface area contributed by atoms with E-state index in [9.17, 15) is 0 Å². The molecule has 0 amide bonds. The van der Waals surface area contributed by atoms with Crippen molar-refractivity contribution in [3.63, 3.8) is 0 Å². The molecular formula is C12H20O4Si. The van der Waals surface area contributed by atoms with Crippen LogP contribution in [0.4, 0.5) is 0 Å². The highest BCUT2D eigenvalue weighted by atomic mass is 28.4. The van der Waals surface area contributed by atoms with Gasteiger partial charge < -0.3 is 18.0 Å². The highest BCUT2D eigenvalue weighted by Gasteiger charge is 2.42. The summed E-state index contributed by atoms with van der Waals surface area (Å²) < 4.78 is 21.7. The molecule has 0 saturated heterocycles. The van der Waals surface area contributed by atoms with Crippen molar-refractivity contribution in [2.75, 3.05) is 28.4 Å². The lowest BCUT2D eigenvalue weighted by molar-refractivity contribution is 0.140. The minimum absolute atomic E-state index is 0.859. The summed E-state index contributed by atoms with van der Waals surface area (Å²) in [6.45, 7) is 4.03. The largest absolute Gasteiger partial charge is 0.536 e. The van der Waals surface area contributed by atoms with Crippen molar-refractivity contribution >= 4 is 14.0 Å². The molecular weight excluding hydrogens is 236 g/mol. The van der Waals surface area contributed by atoms with Crippen LogP contribution >= 0.6 is 0 Å². The van der Waals surface area contributed by atoms with Crippen LogP contribution in [-0.2, 0) is 13.3 Å². The monoisotopic (exact) mass is 256 g/mol. The van der Waals surface area contributed by atoms with Crippen LogP contribution in [0.2, 0.25) is 0 Å². The number of rotatable bonds is 5. The third kappa shape index (κ3) is 2.37. The number of benzene rings is 1. The third-order valence-electron chi connectivity index (χ3n) is 3.09. The molecule has 0 unspecified atom stereocenters. The fraction of sp³-hybridized carbons (Fsp3) is 0.500. The van der Waals surface area contributed by atoms with Crippen molar-refractivity contribution in [1.82, 2.24) is 0 Å². The van der Waals surface area contributed by atoms with Gasteiger partial charge in [0.15, 0.2) is 0 Å². The Bertz CT molecular complexity index is 380. The Balaban J connectivity index is 3.36. The summed E-state index contributed by atoms with van der Waals surface area (Å²) in [6.07, 6.45) is 0. The van der Waals surface area contributed by atoms with E-state index >= 15 is 0 Å². The Morgan fingerprint density at radius 1 is 0.824 bits per heavy atom. The number of hydrogen-bond donors (Lipinski definition) is 0.